The van der Waals surface area contributed by atoms with E-state index in [1.54, 1.807) is 0 Å². The minimum atomic E-state index is -0.0984. The number of fused-ring (bicyclic) bond motifs is 1. The second kappa shape index (κ2) is 7.48. The first kappa shape index (κ1) is 17.7. The number of amides is 2. The summed E-state index contributed by atoms with van der Waals surface area (Å²) < 4.78 is 16.7. The molecule has 6 heteroatoms. The van der Waals surface area contributed by atoms with Crippen LogP contribution in [0.4, 0.5) is 4.79 Å². The number of rotatable bonds is 3. The highest BCUT2D eigenvalue weighted by molar-refractivity contribution is 5.74. The molecule has 2 aromatic carbocycles. The Labute approximate surface area is 159 Å². The molecule has 142 valence electrons. The molecule has 0 saturated carbocycles. The molecule has 1 fully saturated rings. The number of carbonyl (C=O) groups excluding carboxylic acids is 1. The van der Waals surface area contributed by atoms with Gasteiger partial charge in [-0.3, -0.25) is 0 Å². The van der Waals surface area contributed by atoms with Crippen molar-refractivity contribution < 1.29 is 19.0 Å². The fourth-order valence-electron chi connectivity index (χ4n) is 3.51. The van der Waals surface area contributed by atoms with Crippen LogP contribution in [0.5, 0.6) is 11.5 Å². The van der Waals surface area contributed by atoms with E-state index in [4.69, 9.17) is 14.2 Å². The summed E-state index contributed by atoms with van der Waals surface area (Å²) >= 11 is 0. The highest BCUT2D eigenvalue weighted by Crippen LogP contribution is 2.32. The van der Waals surface area contributed by atoms with Crippen molar-refractivity contribution in [1.82, 2.24) is 10.2 Å². The molecule has 1 N–H and O–H groups in total. The molecule has 2 aliphatic heterocycles. The highest BCUT2D eigenvalue weighted by Gasteiger charge is 2.31. The molecule has 2 heterocycles. The van der Waals surface area contributed by atoms with Crippen LogP contribution in [0.1, 0.15) is 29.7 Å². The maximum absolute atomic E-state index is 12.8. The summed E-state index contributed by atoms with van der Waals surface area (Å²) in [4.78, 5) is 14.6. The number of hydrogen-bond acceptors (Lipinski definition) is 4. The van der Waals surface area contributed by atoms with Crippen LogP contribution >= 0.6 is 0 Å². The lowest BCUT2D eigenvalue weighted by molar-refractivity contribution is -0.0430. The van der Waals surface area contributed by atoms with Gasteiger partial charge in [-0.1, -0.05) is 30.3 Å². The van der Waals surface area contributed by atoms with Crippen molar-refractivity contribution in [2.45, 2.75) is 32.5 Å². The third kappa shape index (κ3) is 3.71. The van der Waals surface area contributed by atoms with E-state index in [1.165, 1.54) is 5.56 Å². The Balaban J connectivity index is 1.40. The molecule has 2 aromatic rings. The number of carbonyl (C=O) groups is 1. The van der Waals surface area contributed by atoms with E-state index in [0.29, 0.717) is 19.7 Å². The zero-order chi connectivity index (χ0) is 18.8. The summed E-state index contributed by atoms with van der Waals surface area (Å²) in [7, 11) is 0. The van der Waals surface area contributed by atoms with Crippen molar-refractivity contribution >= 4 is 6.03 Å². The van der Waals surface area contributed by atoms with E-state index >= 15 is 0 Å². The Kier molecular flexibility index (Phi) is 4.90. The first-order chi connectivity index (χ1) is 13.1. The van der Waals surface area contributed by atoms with Crippen LogP contribution in [-0.2, 0) is 11.3 Å². The molecule has 0 bridgehead atoms. The summed E-state index contributed by atoms with van der Waals surface area (Å²) in [6, 6.07) is 13.8. The number of nitrogens with one attached hydrogen (secondary N) is 1. The van der Waals surface area contributed by atoms with Gasteiger partial charge in [0.2, 0.25) is 6.79 Å². The molecule has 0 aromatic heterocycles. The zero-order valence-corrected chi connectivity index (χ0v) is 15.6. The predicted octanol–water partition coefficient (Wildman–Crippen LogP) is 3.40. The van der Waals surface area contributed by atoms with Gasteiger partial charge in [-0.2, -0.15) is 0 Å². The number of ether oxygens (including phenoxy) is 3. The van der Waals surface area contributed by atoms with E-state index in [0.717, 1.165) is 22.6 Å². The molecule has 27 heavy (non-hydrogen) atoms. The van der Waals surface area contributed by atoms with Crippen molar-refractivity contribution in [2.24, 2.45) is 0 Å². The SMILES string of the molecule is Cc1ccccc1C1CN(C(=O)NCc2ccc3c(c2)OCO3)C(C)CO1. The Morgan fingerprint density at radius 3 is 2.85 bits per heavy atom. The molecule has 1 saturated heterocycles. The first-order valence-electron chi connectivity index (χ1n) is 9.22. The second-order valence-electron chi connectivity index (χ2n) is 7.03. The largest absolute Gasteiger partial charge is 0.454 e. The topological polar surface area (TPSA) is 60.0 Å². The van der Waals surface area contributed by atoms with Gasteiger partial charge in [-0.05, 0) is 42.7 Å². The van der Waals surface area contributed by atoms with Crippen molar-refractivity contribution in [3.63, 3.8) is 0 Å². The maximum atomic E-state index is 12.8. The van der Waals surface area contributed by atoms with Gasteiger partial charge in [0.1, 0.15) is 6.10 Å². The van der Waals surface area contributed by atoms with Crippen molar-refractivity contribution in [3.05, 3.63) is 59.2 Å². The molecule has 0 aliphatic carbocycles. The average Bonchev–Trinajstić information content (AvgIpc) is 3.15. The number of morpholine rings is 1. The lowest BCUT2D eigenvalue weighted by atomic mass is 10.0. The fourth-order valence-corrected chi connectivity index (χ4v) is 3.51. The minimum absolute atomic E-state index is 0.0297. The molecule has 2 amide bonds. The lowest BCUT2D eigenvalue weighted by Gasteiger charge is -2.38. The summed E-state index contributed by atoms with van der Waals surface area (Å²) in [6.45, 7) is 5.83. The molecule has 2 unspecified atom stereocenters. The van der Waals surface area contributed by atoms with E-state index in [2.05, 4.69) is 24.4 Å². The maximum Gasteiger partial charge on any atom is 0.318 e. The van der Waals surface area contributed by atoms with Crippen LogP contribution in [0.2, 0.25) is 0 Å². The van der Waals surface area contributed by atoms with Crippen LogP contribution in [-0.4, -0.2) is 36.9 Å². The van der Waals surface area contributed by atoms with Gasteiger partial charge in [0, 0.05) is 6.54 Å². The highest BCUT2D eigenvalue weighted by atomic mass is 16.7. The standard InChI is InChI=1S/C21H24N2O4/c1-14-5-3-4-6-17(14)20-11-23(15(2)12-25-20)21(24)22-10-16-7-8-18-19(9-16)27-13-26-18/h3-9,15,20H,10-13H2,1-2H3,(H,22,24). The van der Waals surface area contributed by atoms with Crippen molar-refractivity contribution in [2.75, 3.05) is 19.9 Å². The summed E-state index contributed by atoms with van der Waals surface area (Å²) in [6.07, 6.45) is -0.0984. The van der Waals surface area contributed by atoms with Crippen LogP contribution < -0.4 is 14.8 Å². The minimum Gasteiger partial charge on any atom is -0.454 e. The van der Waals surface area contributed by atoms with E-state index in [-0.39, 0.29) is 25.0 Å². The second-order valence-corrected chi connectivity index (χ2v) is 7.03. The third-order valence-corrected chi connectivity index (χ3v) is 5.11. The van der Waals surface area contributed by atoms with Crippen LogP contribution in [0.15, 0.2) is 42.5 Å². The normalized spacial score (nSPS) is 21.2. The Bertz CT molecular complexity index is 839. The van der Waals surface area contributed by atoms with Gasteiger partial charge < -0.3 is 24.4 Å². The average molecular weight is 368 g/mol. The molecule has 4 rings (SSSR count). The lowest BCUT2D eigenvalue weighted by Crippen LogP contribution is -2.51. The van der Waals surface area contributed by atoms with Gasteiger partial charge >= 0.3 is 6.03 Å². The van der Waals surface area contributed by atoms with Gasteiger partial charge in [0.05, 0.1) is 19.2 Å². The molecule has 0 spiro atoms. The quantitative estimate of drug-likeness (QED) is 0.902. The number of aryl methyl sites for hydroxylation is 1. The van der Waals surface area contributed by atoms with Crippen LogP contribution in [0.25, 0.3) is 0 Å². The zero-order valence-electron chi connectivity index (χ0n) is 15.6. The van der Waals surface area contributed by atoms with Gasteiger partial charge in [-0.25, -0.2) is 4.79 Å². The molecular weight excluding hydrogens is 344 g/mol. The van der Waals surface area contributed by atoms with Gasteiger partial charge in [0.15, 0.2) is 11.5 Å². The number of nitrogens with zero attached hydrogens (tertiary/aromatic N) is 1. The number of hydrogen-bond donors (Lipinski definition) is 1. The van der Waals surface area contributed by atoms with E-state index in [9.17, 15) is 4.79 Å². The van der Waals surface area contributed by atoms with Gasteiger partial charge in [0.25, 0.3) is 0 Å². The molecular formula is C21H24N2O4. The molecule has 6 nitrogen and oxygen atoms in total. The number of urea groups is 1. The van der Waals surface area contributed by atoms with Crippen LogP contribution in [0.3, 0.4) is 0 Å². The van der Waals surface area contributed by atoms with E-state index in [1.807, 2.05) is 42.2 Å². The van der Waals surface area contributed by atoms with Crippen LogP contribution in [0, 0.1) is 6.92 Å². The van der Waals surface area contributed by atoms with E-state index < -0.39 is 0 Å². The fraction of sp³-hybridized carbons (Fsp3) is 0.381. The first-order valence-corrected chi connectivity index (χ1v) is 9.22. The van der Waals surface area contributed by atoms with Gasteiger partial charge in [-0.15, -0.1) is 0 Å². The number of benzene rings is 2. The Morgan fingerprint density at radius 1 is 1.19 bits per heavy atom. The summed E-state index contributed by atoms with van der Waals surface area (Å²) in [5.74, 6) is 1.47. The summed E-state index contributed by atoms with van der Waals surface area (Å²) in [5.41, 5.74) is 3.29. The smallest absolute Gasteiger partial charge is 0.318 e. The predicted molar refractivity (Wildman–Crippen MR) is 101 cm³/mol. The Hall–Kier alpha value is -2.73. The molecule has 0 radical (unpaired) electrons. The Morgan fingerprint density at radius 2 is 2.00 bits per heavy atom. The molecule has 2 aliphatic rings. The van der Waals surface area contributed by atoms with Crippen molar-refractivity contribution in [1.29, 1.82) is 0 Å². The van der Waals surface area contributed by atoms with Crippen molar-refractivity contribution in [3.8, 4) is 11.5 Å². The third-order valence-electron chi connectivity index (χ3n) is 5.11. The summed E-state index contributed by atoms with van der Waals surface area (Å²) in [5, 5.41) is 3.01. The monoisotopic (exact) mass is 368 g/mol. The molecule has 2 atom stereocenters.